The Hall–Kier alpha value is -3.42. The van der Waals surface area contributed by atoms with Gasteiger partial charge < -0.3 is 10.3 Å². The summed E-state index contributed by atoms with van der Waals surface area (Å²) in [6.07, 6.45) is 8.22. The second-order valence-electron chi connectivity index (χ2n) is 7.51. The van der Waals surface area contributed by atoms with Gasteiger partial charge in [-0.05, 0) is 36.3 Å². The van der Waals surface area contributed by atoms with Crippen molar-refractivity contribution in [3.63, 3.8) is 0 Å². The van der Waals surface area contributed by atoms with Crippen molar-refractivity contribution in [3.8, 4) is 5.69 Å². The number of carbonyl (C=O) groups excluding carboxylic acids is 1. The monoisotopic (exact) mass is 432 g/mol. The molecule has 0 bridgehead atoms. The van der Waals surface area contributed by atoms with Crippen molar-refractivity contribution in [2.24, 2.45) is 0 Å². The maximum absolute atomic E-state index is 12.7. The smallest absolute Gasteiger partial charge is 0.238 e. The summed E-state index contributed by atoms with van der Waals surface area (Å²) in [6, 6.07) is 13.6. The van der Waals surface area contributed by atoms with E-state index in [-0.39, 0.29) is 5.91 Å². The Labute approximate surface area is 184 Å². The predicted octanol–water partition coefficient (Wildman–Crippen LogP) is 4.13. The lowest BCUT2D eigenvalue weighted by atomic mass is 9.99. The summed E-state index contributed by atoms with van der Waals surface area (Å²) in [4.78, 5) is 22.2. The van der Waals surface area contributed by atoms with Crippen LogP contribution in [0.5, 0.6) is 0 Å². The number of rotatable bonds is 5. The Balaban J connectivity index is 1.26. The first kappa shape index (κ1) is 19.5. The summed E-state index contributed by atoms with van der Waals surface area (Å²) in [6.45, 7) is 1.86. The number of anilines is 1. The van der Waals surface area contributed by atoms with Crippen LogP contribution in [0, 0.1) is 0 Å². The Morgan fingerprint density at radius 2 is 2.13 bits per heavy atom. The number of aromatic amines is 1. The lowest BCUT2D eigenvalue weighted by molar-refractivity contribution is -0.117. The van der Waals surface area contributed by atoms with E-state index in [9.17, 15) is 4.79 Å². The number of fused-ring (bicyclic) bond motifs is 1. The summed E-state index contributed by atoms with van der Waals surface area (Å²) in [7, 11) is 0. The highest BCUT2D eigenvalue weighted by molar-refractivity contribution is 6.31. The number of H-pyrrole nitrogens is 1. The SMILES string of the molecule is O=C(CN1CC=C(c2c[nH]c3ccccc23)CC1)Nc1cc(Cl)ccc1-n1cncn1. The van der Waals surface area contributed by atoms with Gasteiger partial charge in [-0.2, -0.15) is 5.10 Å². The first-order valence-corrected chi connectivity index (χ1v) is 10.5. The molecule has 8 heteroatoms. The maximum atomic E-state index is 12.7. The van der Waals surface area contributed by atoms with Gasteiger partial charge in [0.25, 0.3) is 0 Å². The van der Waals surface area contributed by atoms with Crippen molar-refractivity contribution in [2.75, 3.05) is 25.0 Å². The molecule has 0 unspecified atom stereocenters. The van der Waals surface area contributed by atoms with E-state index in [1.807, 2.05) is 12.1 Å². The molecule has 156 valence electrons. The number of halogens is 1. The van der Waals surface area contributed by atoms with Gasteiger partial charge in [0.2, 0.25) is 5.91 Å². The van der Waals surface area contributed by atoms with Crippen molar-refractivity contribution in [1.82, 2.24) is 24.6 Å². The fourth-order valence-electron chi connectivity index (χ4n) is 3.97. The minimum atomic E-state index is -0.0902. The number of para-hydroxylation sites is 1. The van der Waals surface area contributed by atoms with Gasteiger partial charge >= 0.3 is 0 Å². The minimum absolute atomic E-state index is 0.0902. The van der Waals surface area contributed by atoms with Crippen molar-refractivity contribution < 1.29 is 4.79 Å². The van der Waals surface area contributed by atoms with Crippen LogP contribution in [-0.4, -0.2) is 50.2 Å². The molecule has 7 nitrogen and oxygen atoms in total. The molecule has 2 aromatic heterocycles. The van der Waals surface area contributed by atoms with Crippen LogP contribution in [-0.2, 0) is 4.79 Å². The van der Waals surface area contributed by atoms with Crippen molar-refractivity contribution in [3.05, 3.63) is 78.0 Å². The van der Waals surface area contributed by atoms with Gasteiger partial charge in [0, 0.05) is 40.8 Å². The summed E-state index contributed by atoms with van der Waals surface area (Å²) in [5.41, 5.74) is 5.03. The Kier molecular flexibility index (Phi) is 5.28. The maximum Gasteiger partial charge on any atom is 0.238 e. The molecule has 31 heavy (non-hydrogen) atoms. The largest absolute Gasteiger partial charge is 0.361 e. The molecular weight excluding hydrogens is 412 g/mol. The molecule has 0 atom stereocenters. The van der Waals surface area contributed by atoms with Gasteiger partial charge in [0.1, 0.15) is 12.7 Å². The van der Waals surface area contributed by atoms with Crippen LogP contribution >= 0.6 is 11.6 Å². The topological polar surface area (TPSA) is 78.8 Å². The number of nitrogens with one attached hydrogen (secondary N) is 2. The van der Waals surface area contributed by atoms with Crippen molar-refractivity contribution in [2.45, 2.75) is 6.42 Å². The molecule has 0 spiro atoms. The van der Waals surface area contributed by atoms with Gasteiger partial charge in [-0.1, -0.05) is 35.9 Å². The molecule has 5 rings (SSSR count). The van der Waals surface area contributed by atoms with E-state index >= 15 is 0 Å². The normalized spacial score (nSPS) is 14.5. The van der Waals surface area contributed by atoms with Crippen molar-refractivity contribution in [1.29, 1.82) is 0 Å². The second-order valence-corrected chi connectivity index (χ2v) is 7.95. The summed E-state index contributed by atoms with van der Waals surface area (Å²) < 4.78 is 1.60. The lowest BCUT2D eigenvalue weighted by Crippen LogP contribution is -2.36. The molecule has 2 aromatic carbocycles. The highest BCUT2D eigenvalue weighted by atomic mass is 35.5. The number of hydrogen-bond donors (Lipinski definition) is 2. The van der Waals surface area contributed by atoms with Crippen LogP contribution in [0.3, 0.4) is 0 Å². The van der Waals surface area contributed by atoms with Crippen LogP contribution < -0.4 is 5.32 Å². The first-order valence-electron chi connectivity index (χ1n) is 10.1. The van der Waals surface area contributed by atoms with Gasteiger partial charge in [0.15, 0.2) is 0 Å². The molecule has 0 saturated heterocycles. The molecule has 0 fully saturated rings. The Morgan fingerprint density at radius 3 is 2.94 bits per heavy atom. The average Bonchev–Trinajstić information content (AvgIpc) is 3.45. The Bertz CT molecular complexity index is 1260. The van der Waals surface area contributed by atoms with Crippen LogP contribution in [0.1, 0.15) is 12.0 Å². The quantitative estimate of drug-likeness (QED) is 0.497. The third-order valence-electron chi connectivity index (χ3n) is 5.49. The molecule has 1 aliphatic heterocycles. The van der Waals surface area contributed by atoms with E-state index in [2.05, 4.69) is 55.8 Å². The van der Waals surface area contributed by atoms with E-state index in [1.165, 1.54) is 22.9 Å². The van der Waals surface area contributed by atoms with Gasteiger partial charge in [0.05, 0.1) is 17.9 Å². The van der Waals surface area contributed by atoms with Crippen LogP contribution in [0.15, 0.2) is 67.4 Å². The van der Waals surface area contributed by atoms with E-state index in [4.69, 9.17) is 11.6 Å². The lowest BCUT2D eigenvalue weighted by Gasteiger charge is -2.26. The first-order chi connectivity index (χ1) is 15.2. The van der Waals surface area contributed by atoms with E-state index in [0.717, 1.165) is 30.7 Å². The highest BCUT2D eigenvalue weighted by Gasteiger charge is 2.18. The molecular formula is C23H21ClN6O. The second kappa shape index (κ2) is 8.37. The zero-order chi connectivity index (χ0) is 21.2. The molecule has 1 amide bonds. The summed E-state index contributed by atoms with van der Waals surface area (Å²) in [5.74, 6) is -0.0902. The Morgan fingerprint density at radius 1 is 1.23 bits per heavy atom. The average molecular weight is 433 g/mol. The van der Waals surface area contributed by atoms with Gasteiger partial charge in [-0.15, -0.1) is 0 Å². The van der Waals surface area contributed by atoms with Gasteiger partial charge in [-0.3, -0.25) is 9.69 Å². The zero-order valence-corrected chi connectivity index (χ0v) is 17.5. The third kappa shape index (κ3) is 4.10. The molecule has 3 heterocycles. The van der Waals surface area contributed by atoms with Crippen LogP contribution in [0.2, 0.25) is 5.02 Å². The minimum Gasteiger partial charge on any atom is -0.361 e. The van der Waals surface area contributed by atoms with E-state index < -0.39 is 0 Å². The molecule has 0 radical (unpaired) electrons. The number of amides is 1. The number of benzene rings is 2. The molecule has 0 saturated carbocycles. The highest BCUT2D eigenvalue weighted by Crippen LogP contribution is 2.29. The van der Waals surface area contributed by atoms with E-state index in [1.54, 1.807) is 23.1 Å². The molecule has 1 aliphatic rings. The summed E-state index contributed by atoms with van der Waals surface area (Å²) >= 11 is 6.14. The fraction of sp³-hybridized carbons (Fsp3) is 0.174. The summed E-state index contributed by atoms with van der Waals surface area (Å²) in [5, 5.41) is 8.90. The number of nitrogens with zero attached hydrogens (tertiary/aromatic N) is 4. The van der Waals surface area contributed by atoms with Gasteiger partial charge in [-0.25, -0.2) is 9.67 Å². The number of carbonyl (C=O) groups is 1. The number of aromatic nitrogens is 4. The zero-order valence-electron chi connectivity index (χ0n) is 16.8. The van der Waals surface area contributed by atoms with Crippen molar-refractivity contribution >= 4 is 39.7 Å². The molecule has 0 aliphatic carbocycles. The number of hydrogen-bond acceptors (Lipinski definition) is 4. The standard InChI is InChI=1S/C23H21ClN6O/c24-17-5-6-22(30-15-25-14-27-30)21(11-17)28-23(31)13-29-9-7-16(8-10-29)19-12-26-20-4-2-1-3-18(19)20/h1-7,11-12,14-15,26H,8-10,13H2,(H,28,31). The molecule has 4 aromatic rings. The van der Waals surface area contributed by atoms with Crippen LogP contribution in [0.4, 0.5) is 5.69 Å². The third-order valence-corrected chi connectivity index (χ3v) is 5.73. The van der Waals surface area contributed by atoms with E-state index in [0.29, 0.717) is 17.3 Å². The predicted molar refractivity (Wildman–Crippen MR) is 122 cm³/mol. The molecule has 2 N–H and O–H groups in total. The fourth-order valence-corrected chi connectivity index (χ4v) is 4.14. The van der Waals surface area contributed by atoms with Crippen LogP contribution in [0.25, 0.3) is 22.2 Å².